The van der Waals surface area contributed by atoms with Crippen LogP contribution in [0.1, 0.15) is 28.9 Å². The minimum atomic E-state index is -4.70. The van der Waals surface area contributed by atoms with Crippen molar-refractivity contribution < 1.29 is 22.8 Å². The van der Waals surface area contributed by atoms with E-state index < -0.39 is 23.4 Å². The van der Waals surface area contributed by atoms with Crippen molar-refractivity contribution in [2.75, 3.05) is 0 Å². The molecular weight excluding hydrogens is 516 g/mol. The van der Waals surface area contributed by atoms with Gasteiger partial charge in [0.2, 0.25) is 0 Å². The maximum Gasteiger partial charge on any atom is 0.403 e. The summed E-state index contributed by atoms with van der Waals surface area (Å²) in [4.78, 5) is 24.9. The third-order valence-electron chi connectivity index (χ3n) is 5.61. The molecule has 1 aliphatic rings. The first-order valence-corrected chi connectivity index (χ1v) is 11.1. The summed E-state index contributed by atoms with van der Waals surface area (Å²) < 4.78 is 40.9. The topological polar surface area (TPSA) is 76.0 Å². The third kappa shape index (κ3) is 4.35. The Morgan fingerprint density at radius 3 is 2.18 bits per heavy atom. The number of nitrogens with zero attached hydrogens (tertiary/aromatic N) is 2. The van der Waals surface area contributed by atoms with Crippen LogP contribution in [0.2, 0.25) is 15.1 Å². The Labute approximate surface area is 207 Å². The van der Waals surface area contributed by atoms with Crippen LogP contribution in [0.4, 0.5) is 13.2 Å². The SMILES string of the molecule is Cc1c(C(=O)NNC(=O)C2(C(F)(F)F)CC2)nn(-c2ccc(Cl)cc2Cl)c1-c1ccc(Cl)cc1. The quantitative estimate of drug-likeness (QED) is 0.411. The van der Waals surface area contributed by atoms with Crippen LogP contribution in [0.25, 0.3) is 16.9 Å². The first-order chi connectivity index (χ1) is 15.9. The zero-order chi connectivity index (χ0) is 24.8. The molecule has 1 fully saturated rings. The normalized spacial score (nSPS) is 14.6. The van der Waals surface area contributed by atoms with Crippen LogP contribution in [0, 0.1) is 12.3 Å². The first kappa shape index (κ1) is 24.4. The molecule has 2 amide bonds. The summed E-state index contributed by atoms with van der Waals surface area (Å²) in [6.45, 7) is 1.62. The number of hydrazine groups is 1. The molecule has 0 radical (unpaired) electrons. The first-order valence-electron chi connectivity index (χ1n) is 9.93. The minimum absolute atomic E-state index is 0.117. The molecule has 34 heavy (non-hydrogen) atoms. The Morgan fingerprint density at radius 2 is 1.62 bits per heavy atom. The minimum Gasteiger partial charge on any atom is -0.272 e. The Balaban J connectivity index is 1.70. The van der Waals surface area contributed by atoms with E-state index in [4.69, 9.17) is 34.8 Å². The summed E-state index contributed by atoms with van der Waals surface area (Å²) in [5, 5.41) is 5.49. The second-order valence-electron chi connectivity index (χ2n) is 7.82. The van der Waals surface area contributed by atoms with Crippen molar-refractivity contribution >= 4 is 46.6 Å². The highest BCUT2D eigenvalue weighted by atomic mass is 35.5. The predicted molar refractivity (Wildman–Crippen MR) is 122 cm³/mol. The van der Waals surface area contributed by atoms with Crippen molar-refractivity contribution in [1.82, 2.24) is 20.6 Å². The number of carbonyl (C=O) groups is 2. The second-order valence-corrected chi connectivity index (χ2v) is 9.10. The number of hydrogen-bond acceptors (Lipinski definition) is 3. The monoisotopic (exact) mass is 530 g/mol. The maximum absolute atomic E-state index is 13.2. The van der Waals surface area contributed by atoms with Crippen molar-refractivity contribution in [2.24, 2.45) is 5.41 Å². The predicted octanol–water partition coefficient (Wildman–Crippen LogP) is 5.91. The molecule has 1 saturated carbocycles. The van der Waals surface area contributed by atoms with Crippen LogP contribution >= 0.6 is 34.8 Å². The van der Waals surface area contributed by atoms with E-state index >= 15 is 0 Å². The highest BCUT2D eigenvalue weighted by Crippen LogP contribution is 2.57. The van der Waals surface area contributed by atoms with Crippen molar-refractivity contribution in [3.8, 4) is 16.9 Å². The molecule has 0 atom stereocenters. The van der Waals surface area contributed by atoms with Gasteiger partial charge in [-0.25, -0.2) is 4.68 Å². The highest BCUT2D eigenvalue weighted by Gasteiger charge is 2.68. The van der Waals surface area contributed by atoms with Crippen LogP contribution < -0.4 is 10.9 Å². The molecule has 1 heterocycles. The van der Waals surface area contributed by atoms with E-state index in [2.05, 4.69) is 5.10 Å². The number of nitrogens with one attached hydrogen (secondary N) is 2. The van der Waals surface area contributed by atoms with Gasteiger partial charge < -0.3 is 0 Å². The number of benzene rings is 2. The van der Waals surface area contributed by atoms with Gasteiger partial charge in [0.25, 0.3) is 11.8 Å². The molecule has 178 valence electrons. The number of carbonyl (C=O) groups excluding carboxylic acids is 2. The van der Waals surface area contributed by atoms with Gasteiger partial charge in [-0.1, -0.05) is 46.9 Å². The van der Waals surface area contributed by atoms with Crippen molar-refractivity contribution in [3.05, 3.63) is 68.8 Å². The van der Waals surface area contributed by atoms with Crippen LogP contribution in [0.15, 0.2) is 42.5 Å². The number of aromatic nitrogens is 2. The van der Waals surface area contributed by atoms with Gasteiger partial charge in [-0.2, -0.15) is 18.3 Å². The zero-order valence-electron chi connectivity index (χ0n) is 17.4. The Bertz CT molecular complexity index is 1290. The standard InChI is InChI=1S/C22H16Cl3F3N4O2/c1-11-17(19(33)29-30-20(34)21(8-9-21)22(26,27)28)31-32(16-7-6-14(24)10-15(16)25)18(11)12-2-4-13(23)5-3-12/h2-7,10H,8-9H2,1H3,(H,29,33)(H,30,34). The lowest BCUT2D eigenvalue weighted by Crippen LogP contribution is -2.49. The summed E-state index contributed by atoms with van der Waals surface area (Å²) in [5.74, 6) is -2.20. The maximum atomic E-state index is 13.2. The van der Waals surface area contributed by atoms with Gasteiger partial charge in [-0.05, 0) is 50.1 Å². The molecule has 3 aromatic rings. The lowest BCUT2D eigenvalue weighted by molar-refractivity contribution is -0.192. The number of halogens is 6. The van der Waals surface area contributed by atoms with Gasteiger partial charge in [0.05, 0.1) is 16.4 Å². The Kier molecular flexibility index (Phi) is 6.30. The lowest BCUT2D eigenvalue weighted by atomic mass is 10.1. The fourth-order valence-corrected chi connectivity index (χ4v) is 4.16. The van der Waals surface area contributed by atoms with Gasteiger partial charge in [0, 0.05) is 21.2 Å². The van der Waals surface area contributed by atoms with E-state index in [1.54, 1.807) is 43.3 Å². The van der Waals surface area contributed by atoms with E-state index in [1.807, 2.05) is 10.9 Å². The van der Waals surface area contributed by atoms with Crippen LogP contribution in [-0.4, -0.2) is 27.8 Å². The largest absolute Gasteiger partial charge is 0.403 e. The van der Waals surface area contributed by atoms with Gasteiger partial charge >= 0.3 is 6.18 Å². The van der Waals surface area contributed by atoms with E-state index in [0.717, 1.165) is 0 Å². The molecule has 0 aliphatic heterocycles. The Hall–Kier alpha value is -2.75. The fourth-order valence-electron chi connectivity index (χ4n) is 3.54. The number of hydrogen-bond donors (Lipinski definition) is 2. The number of amides is 2. The van der Waals surface area contributed by atoms with E-state index in [1.165, 1.54) is 10.7 Å². The molecule has 2 N–H and O–H groups in total. The molecule has 2 aromatic carbocycles. The van der Waals surface area contributed by atoms with E-state index in [0.29, 0.717) is 32.6 Å². The smallest absolute Gasteiger partial charge is 0.272 e. The third-order valence-corrected chi connectivity index (χ3v) is 6.40. The number of rotatable bonds is 4. The van der Waals surface area contributed by atoms with Crippen molar-refractivity contribution in [1.29, 1.82) is 0 Å². The molecule has 6 nitrogen and oxygen atoms in total. The number of alkyl halides is 3. The van der Waals surface area contributed by atoms with Crippen molar-refractivity contribution in [2.45, 2.75) is 25.9 Å². The summed E-state index contributed by atoms with van der Waals surface area (Å²) >= 11 is 18.4. The van der Waals surface area contributed by atoms with Gasteiger partial charge in [-0.15, -0.1) is 0 Å². The van der Waals surface area contributed by atoms with E-state index in [9.17, 15) is 22.8 Å². The lowest BCUT2D eigenvalue weighted by Gasteiger charge is -2.18. The highest BCUT2D eigenvalue weighted by molar-refractivity contribution is 6.35. The Morgan fingerprint density at radius 1 is 1.00 bits per heavy atom. The van der Waals surface area contributed by atoms with Gasteiger partial charge in [-0.3, -0.25) is 20.4 Å². The second kappa shape index (κ2) is 8.79. The summed E-state index contributed by atoms with van der Waals surface area (Å²) in [6.07, 6.45) is -5.37. The average molecular weight is 532 g/mol. The average Bonchev–Trinajstić information content (AvgIpc) is 3.52. The van der Waals surface area contributed by atoms with Crippen LogP contribution in [0.5, 0.6) is 0 Å². The van der Waals surface area contributed by atoms with E-state index in [-0.39, 0.29) is 23.6 Å². The molecule has 1 aromatic heterocycles. The molecule has 0 spiro atoms. The molecule has 0 saturated heterocycles. The summed E-state index contributed by atoms with van der Waals surface area (Å²) in [5.41, 5.74) is 3.29. The molecule has 4 rings (SSSR count). The fraction of sp³-hybridized carbons (Fsp3) is 0.227. The molecular formula is C22H16Cl3F3N4O2. The van der Waals surface area contributed by atoms with Crippen LogP contribution in [0.3, 0.4) is 0 Å². The summed E-state index contributed by atoms with van der Waals surface area (Å²) in [6, 6.07) is 11.5. The molecule has 1 aliphatic carbocycles. The summed E-state index contributed by atoms with van der Waals surface area (Å²) in [7, 11) is 0. The molecule has 0 bridgehead atoms. The van der Waals surface area contributed by atoms with Gasteiger partial charge in [0.15, 0.2) is 5.69 Å². The zero-order valence-corrected chi connectivity index (χ0v) is 19.7. The van der Waals surface area contributed by atoms with Gasteiger partial charge in [0.1, 0.15) is 5.41 Å². The molecule has 0 unspecified atom stereocenters. The van der Waals surface area contributed by atoms with Crippen molar-refractivity contribution in [3.63, 3.8) is 0 Å². The molecule has 12 heteroatoms. The van der Waals surface area contributed by atoms with Crippen LogP contribution in [-0.2, 0) is 4.79 Å².